The van der Waals surface area contributed by atoms with Gasteiger partial charge in [0.05, 0.1) is 12.2 Å². The Kier molecular flexibility index (Phi) is 3.75. The lowest BCUT2D eigenvalue weighted by atomic mass is 9.89. The molecular formula is C12H14Cl2O2. The maximum absolute atomic E-state index is 10.3. The van der Waals surface area contributed by atoms with E-state index in [0.29, 0.717) is 23.1 Å². The Morgan fingerprint density at radius 1 is 1.38 bits per heavy atom. The Morgan fingerprint density at radius 2 is 2.19 bits per heavy atom. The first-order valence-corrected chi connectivity index (χ1v) is 6.09. The summed E-state index contributed by atoms with van der Waals surface area (Å²) < 4.78 is 5.30. The van der Waals surface area contributed by atoms with Crippen LogP contribution in [0.4, 0.5) is 0 Å². The summed E-state index contributed by atoms with van der Waals surface area (Å²) in [5, 5.41) is 11.5. The van der Waals surface area contributed by atoms with Crippen molar-refractivity contribution in [1.82, 2.24) is 0 Å². The van der Waals surface area contributed by atoms with E-state index in [9.17, 15) is 5.11 Å². The Morgan fingerprint density at radius 3 is 2.81 bits per heavy atom. The van der Waals surface area contributed by atoms with E-state index >= 15 is 0 Å². The van der Waals surface area contributed by atoms with Crippen molar-refractivity contribution in [1.29, 1.82) is 0 Å². The van der Waals surface area contributed by atoms with Crippen LogP contribution in [0.3, 0.4) is 0 Å². The average Bonchev–Trinajstić information content (AvgIpc) is 2.23. The number of aliphatic hydroxyl groups is 1. The molecule has 1 aromatic carbocycles. The van der Waals surface area contributed by atoms with Crippen molar-refractivity contribution in [2.75, 3.05) is 13.2 Å². The van der Waals surface area contributed by atoms with Gasteiger partial charge in [0.15, 0.2) is 0 Å². The van der Waals surface area contributed by atoms with Crippen LogP contribution in [-0.2, 0) is 11.2 Å². The summed E-state index contributed by atoms with van der Waals surface area (Å²) in [7, 11) is 0. The van der Waals surface area contributed by atoms with Gasteiger partial charge in [-0.25, -0.2) is 0 Å². The van der Waals surface area contributed by atoms with E-state index < -0.39 is 5.60 Å². The molecule has 1 heterocycles. The van der Waals surface area contributed by atoms with Gasteiger partial charge >= 0.3 is 0 Å². The van der Waals surface area contributed by atoms with E-state index in [2.05, 4.69) is 0 Å². The molecular weight excluding hydrogens is 247 g/mol. The molecule has 0 bridgehead atoms. The van der Waals surface area contributed by atoms with Gasteiger partial charge in [0.2, 0.25) is 0 Å². The smallest absolute Gasteiger partial charge is 0.0921 e. The van der Waals surface area contributed by atoms with Crippen LogP contribution in [0.15, 0.2) is 18.2 Å². The van der Waals surface area contributed by atoms with Crippen molar-refractivity contribution >= 4 is 23.2 Å². The van der Waals surface area contributed by atoms with Crippen LogP contribution >= 0.6 is 23.2 Å². The second kappa shape index (κ2) is 4.92. The van der Waals surface area contributed by atoms with Crippen LogP contribution in [0.5, 0.6) is 0 Å². The highest BCUT2D eigenvalue weighted by Crippen LogP contribution is 2.28. The number of rotatable bonds is 2. The molecule has 4 heteroatoms. The Labute approximate surface area is 105 Å². The summed E-state index contributed by atoms with van der Waals surface area (Å²) in [5.74, 6) is 0. The van der Waals surface area contributed by atoms with Crippen molar-refractivity contribution in [2.24, 2.45) is 0 Å². The third-order valence-electron chi connectivity index (χ3n) is 2.84. The van der Waals surface area contributed by atoms with Gasteiger partial charge in [0, 0.05) is 23.1 Å². The highest BCUT2D eigenvalue weighted by Gasteiger charge is 2.30. The fourth-order valence-corrected chi connectivity index (χ4v) is 2.47. The minimum atomic E-state index is -0.782. The first-order chi connectivity index (χ1) is 7.59. The van der Waals surface area contributed by atoms with E-state index in [-0.39, 0.29) is 0 Å². The molecule has 1 N–H and O–H groups in total. The molecule has 1 atom stereocenters. The third kappa shape index (κ3) is 2.89. The highest BCUT2D eigenvalue weighted by atomic mass is 35.5. The van der Waals surface area contributed by atoms with E-state index in [4.69, 9.17) is 27.9 Å². The number of halogens is 2. The SMILES string of the molecule is OC1(Cc2ccc(Cl)cc2Cl)CCCOC1. The van der Waals surface area contributed by atoms with Crippen LogP contribution in [-0.4, -0.2) is 23.9 Å². The van der Waals surface area contributed by atoms with Gasteiger partial charge in [0.1, 0.15) is 0 Å². The molecule has 88 valence electrons. The van der Waals surface area contributed by atoms with Crippen molar-refractivity contribution in [3.63, 3.8) is 0 Å². The van der Waals surface area contributed by atoms with E-state index in [0.717, 1.165) is 25.0 Å². The Hall–Kier alpha value is -0.280. The summed E-state index contributed by atoms with van der Waals surface area (Å²) >= 11 is 11.9. The summed E-state index contributed by atoms with van der Waals surface area (Å²) in [6.45, 7) is 1.11. The van der Waals surface area contributed by atoms with Gasteiger partial charge in [-0.1, -0.05) is 29.3 Å². The van der Waals surface area contributed by atoms with Gasteiger partial charge in [-0.2, -0.15) is 0 Å². The molecule has 2 nitrogen and oxygen atoms in total. The molecule has 1 fully saturated rings. The highest BCUT2D eigenvalue weighted by molar-refractivity contribution is 6.35. The van der Waals surface area contributed by atoms with Gasteiger partial charge in [0.25, 0.3) is 0 Å². The van der Waals surface area contributed by atoms with Crippen molar-refractivity contribution in [2.45, 2.75) is 24.9 Å². The minimum Gasteiger partial charge on any atom is -0.387 e. The first kappa shape index (κ1) is 12.2. The monoisotopic (exact) mass is 260 g/mol. The fourth-order valence-electron chi connectivity index (χ4n) is 2.00. The summed E-state index contributed by atoms with van der Waals surface area (Å²) in [6, 6.07) is 5.35. The van der Waals surface area contributed by atoms with Crippen molar-refractivity contribution < 1.29 is 9.84 Å². The number of hydrogen-bond acceptors (Lipinski definition) is 2. The van der Waals surface area contributed by atoms with Crippen LogP contribution in [0.25, 0.3) is 0 Å². The van der Waals surface area contributed by atoms with Crippen LogP contribution in [0.1, 0.15) is 18.4 Å². The van der Waals surface area contributed by atoms with Crippen LogP contribution < -0.4 is 0 Å². The predicted octanol–water partition coefficient (Wildman–Crippen LogP) is 3.08. The molecule has 2 rings (SSSR count). The molecule has 16 heavy (non-hydrogen) atoms. The second-order valence-corrected chi connectivity index (χ2v) is 5.14. The van der Waals surface area contributed by atoms with Gasteiger partial charge in [-0.15, -0.1) is 0 Å². The van der Waals surface area contributed by atoms with E-state index in [1.165, 1.54) is 0 Å². The third-order valence-corrected chi connectivity index (χ3v) is 3.42. The molecule has 0 aliphatic carbocycles. The number of benzene rings is 1. The maximum atomic E-state index is 10.3. The van der Waals surface area contributed by atoms with Gasteiger partial charge in [-0.3, -0.25) is 0 Å². The zero-order valence-electron chi connectivity index (χ0n) is 8.88. The average molecular weight is 261 g/mol. The quantitative estimate of drug-likeness (QED) is 0.886. The Bertz CT molecular complexity index is 373. The molecule has 1 unspecified atom stereocenters. The largest absolute Gasteiger partial charge is 0.387 e. The molecule has 0 radical (unpaired) electrons. The van der Waals surface area contributed by atoms with E-state index in [1.54, 1.807) is 12.1 Å². The lowest BCUT2D eigenvalue weighted by Crippen LogP contribution is -2.40. The molecule has 0 spiro atoms. The zero-order valence-corrected chi connectivity index (χ0v) is 10.4. The first-order valence-electron chi connectivity index (χ1n) is 5.33. The predicted molar refractivity (Wildman–Crippen MR) is 65.2 cm³/mol. The maximum Gasteiger partial charge on any atom is 0.0921 e. The minimum absolute atomic E-state index is 0.381. The molecule has 0 amide bonds. The second-order valence-electron chi connectivity index (χ2n) is 4.29. The zero-order chi connectivity index (χ0) is 11.6. The van der Waals surface area contributed by atoms with Crippen molar-refractivity contribution in [3.05, 3.63) is 33.8 Å². The Balaban J connectivity index is 2.13. The molecule has 0 saturated carbocycles. The lowest BCUT2D eigenvalue weighted by molar-refractivity contribution is -0.0844. The van der Waals surface area contributed by atoms with Gasteiger partial charge in [-0.05, 0) is 30.5 Å². The van der Waals surface area contributed by atoms with Crippen LogP contribution in [0, 0.1) is 0 Å². The standard InChI is InChI=1S/C12H14Cl2O2/c13-10-3-2-9(11(14)6-10)7-12(15)4-1-5-16-8-12/h2-3,6,15H,1,4-5,7-8H2. The van der Waals surface area contributed by atoms with Gasteiger partial charge < -0.3 is 9.84 Å². The molecule has 1 saturated heterocycles. The number of hydrogen-bond donors (Lipinski definition) is 1. The summed E-state index contributed by atoms with van der Waals surface area (Å²) in [5.41, 5.74) is 0.134. The summed E-state index contributed by atoms with van der Waals surface area (Å²) in [4.78, 5) is 0. The molecule has 1 aliphatic rings. The molecule has 1 aliphatic heterocycles. The van der Waals surface area contributed by atoms with E-state index in [1.807, 2.05) is 6.07 Å². The fraction of sp³-hybridized carbons (Fsp3) is 0.500. The molecule has 0 aromatic heterocycles. The topological polar surface area (TPSA) is 29.5 Å². The normalized spacial score (nSPS) is 25.7. The number of ether oxygens (including phenoxy) is 1. The van der Waals surface area contributed by atoms with Crippen LogP contribution in [0.2, 0.25) is 10.0 Å². The lowest BCUT2D eigenvalue weighted by Gasteiger charge is -2.32. The molecule has 1 aromatic rings. The van der Waals surface area contributed by atoms with Crippen molar-refractivity contribution in [3.8, 4) is 0 Å². The summed E-state index contributed by atoms with van der Waals surface area (Å²) in [6.07, 6.45) is 2.16.